The molecule has 0 spiro atoms. The van der Waals surface area contributed by atoms with Gasteiger partial charge < -0.3 is 10.8 Å². The van der Waals surface area contributed by atoms with Crippen LogP contribution >= 0.6 is 0 Å². The fraction of sp³-hybridized carbons (Fsp3) is 0.600. The number of hydrogen-bond donors (Lipinski definition) is 2. The molecule has 0 amide bonds. The quantitative estimate of drug-likeness (QED) is 0.843. The lowest BCUT2D eigenvalue weighted by molar-refractivity contribution is 0.198. The lowest BCUT2D eigenvalue weighted by Crippen LogP contribution is -2.37. The number of aliphatic hydroxyl groups excluding tert-OH is 1. The number of aliphatic hydroxyl groups is 1. The van der Waals surface area contributed by atoms with Crippen LogP contribution in [-0.2, 0) is 5.41 Å². The predicted molar refractivity (Wildman–Crippen MR) is 70.9 cm³/mol. The summed E-state index contributed by atoms with van der Waals surface area (Å²) >= 11 is 0. The summed E-state index contributed by atoms with van der Waals surface area (Å²) in [6, 6.07) is 8.34. The Labute approximate surface area is 104 Å². The predicted octanol–water partition coefficient (Wildman–Crippen LogP) is 2.90. The van der Waals surface area contributed by atoms with Crippen molar-refractivity contribution in [2.75, 3.05) is 6.54 Å². The van der Waals surface area contributed by atoms with Crippen molar-refractivity contribution in [1.82, 2.24) is 0 Å². The van der Waals surface area contributed by atoms with Crippen molar-refractivity contribution in [2.45, 2.75) is 50.5 Å². The van der Waals surface area contributed by atoms with E-state index in [4.69, 9.17) is 5.73 Å². The molecule has 1 atom stereocenters. The summed E-state index contributed by atoms with van der Waals surface area (Å²) in [6.45, 7) is 2.53. The van der Waals surface area contributed by atoms with Crippen molar-refractivity contribution in [2.24, 2.45) is 5.73 Å². The molecule has 0 radical (unpaired) electrons. The Morgan fingerprint density at radius 3 is 2.59 bits per heavy atom. The van der Waals surface area contributed by atoms with Crippen LogP contribution in [0.4, 0.5) is 0 Å². The molecule has 1 unspecified atom stereocenters. The van der Waals surface area contributed by atoms with Gasteiger partial charge in [-0.1, -0.05) is 43.5 Å². The number of hydrogen-bond acceptors (Lipinski definition) is 2. The van der Waals surface area contributed by atoms with Crippen molar-refractivity contribution >= 4 is 0 Å². The Bertz CT molecular complexity index is 367. The van der Waals surface area contributed by atoms with Gasteiger partial charge in [-0.3, -0.25) is 0 Å². The van der Waals surface area contributed by atoms with Crippen LogP contribution in [0.15, 0.2) is 24.3 Å². The molecule has 1 aromatic carbocycles. The topological polar surface area (TPSA) is 46.2 Å². The van der Waals surface area contributed by atoms with Crippen LogP contribution < -0.4 is 5.73 Å². The Morgan fingerprint density at radius 2 is 2.00 bits per heavy atom. The number of benzene rings is 1. The average molecular weight is 233 g/mol. The molecule has 94 valence electrons. The highest BCUT2D eigenvalue weighted by molar-refractivity contribution is 5.32. The van der Waals surface area contributed by atoms with Gasteiger partial charge in [0.2, 0.25) is 0 Å². The van der Waals surface area contributed by atoms with Gasteiger partial charge in [0, 0.05) is 12.0 Å². The molecule has 1 fully saturated rings. The second kappa shape index (κ2) is 5.19. The minimum absolute atomic E-state index is 0.156. The first-order chi connectivity index (χ1) is 8.18. The zero-order valence-electron chi connectivity index (χ0n) is 10.7. The van der Waals surface area contributed by atoms with E-state index in [1.165, 1.54) is 37.7 Å². The molecule has 17 heavy (non-hydrogen) atoms. The summed E-state index contributed by atoms with van der Waals surface area (Å²) in [5.41, 5.74) is 8.51. The normalized spacial score (nSPS) is 21.1. The molecule has 1 saturated carbocycles. The minimum atomic E-state index is -0.395. The third-order valence-corrected chi connectivity index (χ3v) is 4.18. The van der Waals surface area contributed by atoms with Gasteiger partial charge in [-0.2, -0.15) is 0 Å². The first-order valence-electron chi connectivity index (χ1n) is 6.66. The largest absolute Gasteiger partial charge is 0.389 e. The van der Waals surface area contributed by atoms with E-state index < -0.39 is 6.10 Å². The summed E-state index contributed by atoms with van der Waals surface area (Å²) < 4.78 is 0. The number of rotatable bonds is 3. The van der Waals surface area contributed by atoms with Crippen LogP contribution in [0.3, 0.4) is 0 Å². The van der Waals surface area contributed by atoms with E-state index in [0.717, 1.165) is 12.1 Å². The molecule has 2 nitrogen and oxygen atoms in total. The van der Waals surface area contributed by atoms with Gasteiger partial charge in [-0.15, -0.1) is 0 Å². The molecule has 0 aliphatic heterocycles. The van der Waals surface area contributed by atoms with E-state index in [9.17, 15) is 5.11 Å². The highest BCUT2D eigenvalue weighted by Gasteiger charge is 2.32. The van der Waals surface area contributed by atoms with Gasteiger partial charge in [0.25, 0.3) is 0 Å². The van der Waals surface area contributed by atoms with E-state index in [1.807, 2.05) is 19.1 Å². The van der Waals surface area contributed by atoms with E-state index in [-0.39, 0.29) is 5.41 Å². The molecule has 2 rings (SSSR count). The van der Waals surface area contributed by atoms with Crippen molar-refractivity contribution in [3.63, 3.8) is 0 Å². The summed E-state index contributed by atoms with van der Waals surface area (Å²) in [6.07, 6.45) is 5.86. The first kappa shape index (κ1) is 12.6. The molecule has 0 heterocycles. The smallest absolute Gasteiger partial charge is 0.0762 e. The number of nitrogens with two attached hydrogens (primary N) is 1. The summed E-state index contributed by atoms with van der Waals surface area (Å²) in [4.78, 5) is 0. The summed E-state index contributed by atoms with van der Waals surface area (Å²) in [5, 5.41) is 9.67. The van der Waals surface area contributed by atoms with Gasteiger partial charge in [0.1, 0.15) is 0 Å². The SMILES string of the molecule is CC(O)c1cccc(C2(CN)CCCCC2)c1. The van der Waals surface area contributed by atoms with Gasteiger partial charge in [0.05, 0.1) is 6.10 Å². The molecule has 1 aliphatic carbocycles. The van der Waals surface area contributed by atoms with Gasteiger partial charge in [-0.05, 0) is 30.9 Å². The highest BCUT2D eigenvalue weighted by atomic mass is 16.3. The Kier molecular flexibility index (Phi) is 3.85. The molecular weight excluding hydrogens is 210 g/mol. The average Bonchev–Trinajstić information content (AvgIpc) is 2.39. The van der Waals surface area contributed by atoms with Crippen LogP contribution in [0.25, 0.3) is 0 Å². The maximum Gasteiger partial charge on any atom is 0.0762 e. The van der Waals surface area contributed by atoms with Crippen molar-refractivity contribution in [3.8, 4) is 0 Å². The van der Waals surface area contributed by atoms with Crippen LogP contribution in [0, 0.1) is 0 Å². The Hall–Kier alpha value is -0.860. The maximum absolute atomic E-state index is 9.67. The van der Waals surface area contributed by atoms with Crippen LogP contribution in [0.1, 0.15) is 56.3 Å². The molecule has 1 aliphatic rings. The van der Waals surface area contributed by atoms with Gasteiger partial charge in [-0.25, -0.2) is 0 Å². The standard InChI is InChI=1S/C15H23NO/c1-12(17)13-6-5-7-14(10-13)15(11-16)8-3-2-4-9-15/h5-7,10,12,17H,2-4,8-9,11,16H2,1H3. The fourth-order valence-corrected chi connectivity index (χ4v) is 2.97. The van der Waals surface area contributed by atoms with Crippen LogP contribution in [0.2, 0.25) is 0 Å². The van der Waals surface area contributed by atoms with Crippen molar-refractivity contribution in [1.29, 1.82) is 0 Å². The van der Waals surface area contributed by atoms with E-state index in [0.29, 0.717) is 0 Å². The van der Waals surface area contributed by atoms with Crippen molar-refractivity contribution < 1.29 is 5.11 Å². The first-order valence-corrected chi connectivity index (χ1v) is 6.66. The molecule has 2 heteroatoms. The highest BCUT2D eigenvalue weighted by Crippen LogP contribution is 2.39. The van der Waals surface area contributed by atoms with Crippen LogP contribution in [0.5, 0.6) is 0 Å². The third kappa shape index (κ3) is 2.53. The summed E-state index contributed by atoms with van der Waals surface area (Å²) in [5.74, 6) is 0. The molecule has 3 N–H and O–H groups in total. The lowest BCUT2D eigenvalue weighted by atomic mass is 9.69. The summed E-state index contributed by atoms with van der Waals surface area (Å²) in [7, 11) is 0. The molecule has 1 aromatic rings. The van der Waals surface area contributed by atoms with E-state index in [1.54, 1.807) is 0 Å². The monoisotopic (exact) mass is 233 g/mol. The van der Waals surface area contributed by atoms with Crippen LogP contribution in [-0.4, -0.2) is 11.7 Å². The maximum atomic E-state index is 9.67. The molecular formula is C15H23NO. The van der Waals surface area contributed by atoms with Gasteiger partial charge >= 0.3 is 0 Å². The fourth-order valence-electron chi connectivity index (χ4n) is 2.97. The lowest BCUT2D eigenvalue weighted by Gasteiger charge is -2.37. The zero-order valence-corrected chi connectivity index (χ0v) is 10.7. The Morgan fingerprint density at radius 1 is 1.29 bits per heavy atom. The molecule has 0 aromatic heterocycles. The zero-order chi connectivity index (χ0) is 12.3. The van der Waals surface area contributed by atoms with E-state index >= 15 is 0 Å². The van der Waals surface area contributed by atoms with E-state index in [2.05, 4.69) is 12.1 Å². The molecule has 0 bridgehead atoms. The minimum Gasteiger partial charge on any atom is -0.389 e. The van der Waals surface area contributed by atoms with Gasteiger partial charge in [0.15, 0.2) is 0 Å². The third-order valence-electron chi connectivity index (χ3n) is 4.18. The second-order valence-electron chi connectivity index (χ2n) is 5.35. The second-order valence-corrected chi connectivity index (χ2v) is 5.35. The molecule has 0 saturated heterocycles. The Balaban J connectivity index is 2.33. The van der Waals surface area contributed by atoms with Crippen molar-refractivity contribution in [3.05, 3.63) is 35.4 Å².